The summed E-state index contributed by atoms with van der Waals surface area (Å²) in [5, 5.41) is 0. The Morgan fingerprint density at radius 1 is 1.36 bits per heavy atom. The van der Waals surface area contributed by atoms with Crippen molar-refractivity contribution in [3.63, 3.8) is 0 Å². The van der Waals surface area contributed by atoms with Crippen molar-refractivity contribution in [1.82, 2.24) is 0 Å². The molecule has 0 unspecified atom stereocenters. The second kappa shape index (κ2) is 2.20. The summed E-state index contributed by atoms with van der Waals surface area (Å²) in [5.74, 6) is 2.60. The molecule has 0 N–H and O–H groups in total. The van der Waals surface area contributed by atoms with Gasteiger partial charge in [-0.15, -0.1) is 0 Å². The Labute approximate surface area is 67.5 Å². The molecule has 4 atom stereocenters. The van der Waals surface area contributed by atoms with E-state index in [1.807, 2.05) is 0 Å². The van der Waals surface area contributed by atoms with Gasteiger partial charge in [0.1, 0.15) is 5.78 Å². The average Bonchev–Trinajstić information content (AvgIpc) is 2.44. The van der Waals surface area contributed by atoms with Gasteiger partial charge in [-0.05, 0) is 31.1 Å². The van der Waals surface area contributed by atoms with E-state index in [9.17, 15) is 4.79 Å². The van der Waals surface area contributed by atoms with E-state index in [1.165, 1.54) is 6.42 Å². The zero-order valence-corrected chi connectivity index (χ0v) is 7.08. The van der Waals surface area contributed by atoms with Crippen LogP contribution in [0.3, 0.4) is 0 Å². The molecule has 1 saturated carbocycles. The minimum Gasteiger partial charge on any atom is -0.300 e. The van der Waals surface area contributed by atoms with E-state index in [-0.39, 0.29) is 0 Å². The van der Waals surface area contributed by atoms with Crippen molar-refractivity contribution in [2.45, 2.75) is 20.3 Å². The first kappa shape index (κ1) is 7.08. The number of hydrogen-bond acceptors (Lipinski definition) is 1. The highest BCUT2D eigenvalue weighted by molar-refractivity contribution is 5.80. The van der Waals surface area contributed by atoms with Crippen molar-refractivity contribution in [3.8, 4) is 0 Å². The van der Waals surface area contributed by atoms with Gasteiger partial charge in [0.05, 0.1) is 0 Å². The zero-order chi connectivity index (χ0) is 8.01. The third-order valence-corrected chi connectivity index (χ3v) is 3.32. The molecule has 0 radical (unpaired) electrons. The van der Waals surface area contributed by atoms with Crippen LogP contribution in [0.2, 0.25) is 0 Å². The summed E-state index contributed by atoms with van der Waals surface area (Å²) in [7, 11) is 0. The first-order valence-electron chi connectivity index (χ1n) is 4.39. The van der Waals surface area contributed by atoms with Crippen LogP contribution in [0, 0.1) is 23.7 Å². The van der Waals surface area contributed by atoms with Gasteiger partial charge in [0, 0.05) is 5.92 Å². The molecule has 0 heterocycles. The van der Waals surface area contributed by atoms with Gasteiger partial charge in [0.2, 0.25) is 0 Å². The highest BCUT2D eigenvalue weighted by atomic mass is 16.1. The molecule has 2 aliphatic rings. The molecule has 2 rings (SSSR count). The number of fused-ring (bicyclic) bond motifs is 2. The van der Waals surface area contributed by atoms with Crippen LogP contribution in [-0.4, -0.2) is 5.78 Å². The van der Waals surface area contributed by atoms with Crippen LogP contribution in [0.4, 0.5) is 0 Å². The maximum Gasteiger partial charge on any atom is 0.133 e. The number of carbonyl (C=O) groups excluding carboxylic acids is 1. The SMILES string of the molecule is CC(=O)[C@@H]1[C@@H](C)[C@H]2C=C[C@@H]1C2. The molecule has 60 valence electrons. The molecule has 0 aliphatic heterocycles. The first-order valence-corrected chi connectivity index (χ1v) is 4.39. The lowest BCUT2D eigenvalue weighted by Crippen LogP contribution is -2.23. The van der Waals surface area contributed by atoms with Crippen LogP contribution >= 0.6 is 0 Å². The van der Waals surface area contributed by atoms with Gasteiger partial charge in [-0.25, -0.2) is 0 Å². The van der Waals surface area contributed by atoms with Crippen molar-refractivity contribution in [3.05, 3.63) is 12.2 Å². The smallest absolute Gasteiger partial charge is 0.133 e. The zero-order valence-electron chi connectivity index (χ0n) is 7.08. The number of rotatable bonds is 1. The van der Waals surface area contributed by atoms with Crippen LogP contribution in [0.1, 0.15) is 20.3 Å². The average molecular weight is 150 g/mol. The summed E-state index contributed by atoms with van der Waals surface area (Å²) in [5.41, 5.74) is 0. The molecule has 11 heavy (non-hydrogen) atoms. The van der Waals surface area contributed by atoms with Gasteiger partial charge in [-0.2, -0.15) is 0 Å². The van der Waals surface area contributed by atoms with E-state index in [0.717, 1.165) is 0 Å². The van der Waals surface area contributed by atoms with Crippen LogP contribution in [0.15, 0.2) is 12.2 Å². The summed E-state index contributed by atoms with van der Waals surface area (Å²) >= 11 is 0. The summed E-state index contributed by atoms with van der Waals surface area (Å²) in [6, 6.07) is 0. The number of carbonyl (C=O) groups is 1. The maximum absolute atomic E-state index is 11.2. The Hall–Kier alpha value is -0.590. The van der Waals surface area contributed by atoms with E-state index in [0.29, 0.717) is 29.5 Å². The molecular weight excluding hydrogens is 136 g/mol. The normalized spacial score (nSPS) is 46.7. The number of Topliss-reactive ketones (excluding diaryl/α,β-unsaturated/α-hetero) is 1. The van der Waals surface area contributed by atoms with Gasteiger partial charge in [0.15, 0.2) is 0 Å². The molecule has 0 spiro atoms. The van der Waals surface area contributed by atoms with Crippen LogP contribution in [-0.2, 0) is 4.79 Å². The molecule has 1 nitrogen and oxygen atoms in total. The van der Waals surface area contributed by atoms with Crippen molar-refractivity contribution in [2.75, 3.05) is 0 Å². The molecule has 1 fully saturated rings. The van der Waals surface area contributed by atoms with E-state index in [2.05, 4.69) is 19.1 Å². The summed E-state index contributed by atoms with van der Waals surface area (Å²) in [4.78, 5) is 11.2. The Balaban J connectivity index is 2.25. The lowest BCUT2D eigenvalue weighted by Gasteiger charge is -2.21. The Kier molecular flexibility index (Phi) is 1.41. The molecule has 0 aromatic carbocycles. The van der Waals surface area contributed by atoms with E-state index >= 15 is 0 Å². The van der Waals surface area contributed by atoms with Crippen molar-refractivity contribution in [1.29, 1.82) is 0 Å². The highest BCUT2D eigenvalue weighted by Crippen LogP contribution is 2.47. The van der Waals surface area contributed by atoms with Crippen molar-refractivity contribution in [2.24, 2.45) is 23.7 Å². The molecule has 0 amide bonds. The van der Waals surface area contributed by atoms with E-state index in [4.69, 9.17) is 0 Å². The lowest BCUT2D eigenvalue weighted by atomic mass is 9.82. The third-order valence-electron chi connectivity index (χ3n) is 3.32. The third kappa shape index (κ3) is 0.867. The van der Waals surface area contributed by atoms with Crippen LogP contribution in [0.5, 0.6) is 0 Å². The van der Waals surface area contributed by atoms with Gasteiger partial charge >= 0.3 is 0 Å². The first-order chi connectivity index (χ1) is 5.20. The molecule has 0 saturated heterocycles. The summed E-state index contributed by atoms with van der Waals surface area (Å²) in [6.07, 6.45) is 5.75. The van der Waals surface area contributed by atoms with Crippen LogP contribution < -0.4 is 0 Å². The lowest BCUT2D eigenvalue weighted by molar-refractivity contribution is -0.122. The second-order valence-corrected chi connectivity index (χ2v) is 3.94. The van der Waals surface area contributed by atoms with Gasteiger partial charge < -0.3 is 0 Å². The standard InChI is InChI=1S/C10H14O/c1-6-8-3-4-9(5-8)10(6)7(2)11/h3-4,6,8-10H,5H2,1-2H3/t6-,8-,9+,10-/m0/s1. The fourth-order valence-electron chi connectivity index (χ4n) is 2.74. The maximum atomic E-state index is 11.2. The molecule has 1 heteroatoms. The Morgan fingerprint density at radius 3 is 2.36 bits per heavy atom. The summed E-state index contributed by atoms with van der Waals surface area (Å²) in [6.45, 7) is 3.94. The minimum atomic E-state index is 0.338. The van der Waals surface area contributed by atoms with Gasteiger partial charge in [-0.3, -0.25) is 4.79 Å². The Bertz CT molecular complexity index is 217. The molecule has 2 bridgehead atoms. The molecule has 2 aliphatic carbocycles. The van der Waals surface area contributed by atoms with Crippen molar-refractivity contribution >= 4 is 5.78 Å². The van der Waals surface area contributed by atoms with E-state index in [1.54, 1.807) is 6.92 Å². The fourth-order valence-corrected chi connectivity index (χ4v) is 2.74. The highest BCUT2D eigenvalue weighted by Gasteiger charge is 2.43. The minimum absolute atomic E-state index is 0.338. The second-order valence-electron chi connectivity index (χ2n) is 3.94. The van der Waals surface area contributed by atoms with E-state index < -0.39 is 0 Å². The molecular formula is C10H14O. The quantitative estimate of drug-likeness (QED) is 0.523. The predicted octanol–water partition coefficient (Wildman–Crippen LogP) is 2.03. The van der Waals surface area contributed by atoms with Gasteiger partial charge in [0.25, 0.3) is 0 Å². The summed E-state index contributed by atoms with van der Waals surface area (Å²) < 4.78 is 0. The molecule has 0 aromatic heterocycles. The largest absolute Gasteiger partial charge is 0.300 e. The number of allylic oxidation sites excluding steroid dienone is 2. The predicted molar refractivity (Wildman–Crippen MR) is 44.1 cm³/mol. The number of hydrogen-bond donors (Lipinski definition) is 0. The van der Waals surface area contributed by atoms with Crippen LogP contribution in [0.25, 0.3) is 0 Å². The Morgan fingerprint density at radius 2 is 2.00 bits per heavy atom. The topological polar surface area (TPSA) is 17.1 Å². The number of ketones is 1. The molecule has 0 aromatic rings. The monoisotopic (exact) mass is 150 g/mol. The van der Waals surface area contributed by atoms with Gasteiger partial charge in [-0.1, -0.05) is 19.1 Å². The fraction of sp³-hybridized carbons (Fsp3) is 0.700. The van der Waals surface area contributed by atoms with Crippen molar-refractivity contribution < 1.29 is 4.79 Å².